The minimum Gasteiger partial charge on any atom is -0.303 e. The fourth-order valence-electron chi connectivity index (χ4n) is 1.37. The lowest BCUT2D eigenvalue weighted by Crippen LogP contribution is -1.84. The van der Waals surface area contributed by atoms with Gasteiger partial charge in [-0.25, -0.2) is 0 Å². The van der Waals surface area contributed by atoms with Crippen LogP contribution in [0.4, 0.5) is 0 Å². The molecule has 0 bridgehead atoms. The third-order valence-electron chi connectivity index (χ3n) is 2.02. The van der Waals surface area contributed by atoms with Crippen LogP contribution in [-0.4, -0.2) is 6.29 Å². The lowest BCUT2D eigenvalue weighted by atomic mass is 10.1. The Balaban J connectivity index is 2.68. The molecule has 0 fully saturated rings. The van der Waals surface area contributed by atoms with E-state index in [1.54, 1.807) is 0 Å². The smallest absolute Gasteiger partial charge is 0.124 e. The van der Waals surface area contributed by atoms with Crippen molar-refractivity contribution in [2.45, 2.75) is 6.42 Å². The van der Waals surface area contributed by atoms with Gasteiger partial charge in [0.05, 0.1) is 1.37 Å². The number of hydrogen-bond acceptors (Lipinski definition) is 1. The molecule has 13 heavy (non-hydrogen) atoms. The van der Waals surface area contributed by atoms with Crippen LogP contribution in [-0.2, 0) is 11.2 Å². The van der Waals surface area contributed by atoms with Crippen LogP contribution >= 0.6 is 0 Å². The Morgan fingerprint density at radius 3 is 2.69 bits per heavy atom. The molecule has 0 N–H and O–H groups in total. The predicted molar refractivity (Wildman–Crippen MR) is 53.7 cm³/mol. The molecule has 0 radical (unpaired) electrons. The summed E-state index contributed by atoms with van der Waals surface area (Å²) in [4.78, 5) is 10.4. The molecule has 2 rings (SSSR count). The van der Waals surface area contributed by atoms with Crippen molar-refractivity contribution in [3.63, 3.8) is 0 Å². The quantitative estimate of drug-likeness (QED) is 0.635. The average Bonchev–Trinajstić information content (AvgIpc) is 2.23. The van der Waals surface area contributed by atoms with Gasteiger partial charge < -0.3 is 4.79 Å². The maximum Gasteiger partial charge on any atom is 0.124 e. The molecule has 0 aliphatic carbocycles. The molecule has 2 aromatic carbocycles. The molecule has 0 heterocycles. The summed E-state index contributed by atoms with van der Waals surface area (Å²) in [7, 11) is 0. The molecular weight excluding hydrogens is 160 g/mol. The van der Waals surface area contributed by atoms with Crippen LogP contribution in [0.2, 0.25) is 0 Å². The van der Waals surface area contributed by atoms with Gasteiger partial charge in [0.2, 0.25) is 0 Å². The molecule has 2 aromatic rings. The summed E-state index contributed by atoms with van der Waals surface area (Å²) in [5.41, 5.74) is 0.790. The molecule has 0 unspecified atom stereocenters. The monoisotopic (exact) mass is 171 g/mol. The van der Waals surface area contributed by atoms with Gasteiger partial charge in [-0.15, -0.1) is 0 Å². The van der Waals surface area contributed by atoms with E-state index in [1.807, 2.05) is 36.4 Å². The van der Waals surface area contributed by atoms with Gasteiger partial charge in [-0.3, -0.25) is 0 Å². The first-order valence-electron chi connectivity index (χ1n) is 4.74. The lowest BCUT2D eigenvalue weighted by molar-refractivity contribution is -0.107. The molecule has 0 saturated heterocycles. The summed E-state index contributed by atoms with van der Waals surface area (Å²) >= 11 is 0. The molecule has 1 heteroatoms. The van der Waals surface area contributed by atoms with Gasteiger partial charge >= 0.3 is 0 Å². The largest absolute Gasteiger partial charge is 0.303 e. The summed E-state index contributed by atoms with van der Waals surface area (Å²) in [6.45, 7) is 0. The highest BCUT2D eigenvalue weighted by molar-refractivity contribution is 5.83. The van der Waals surface area contributed by atoms with Gasteiger partial charge in [-0.05, 0) is 16.3 Å². The van der Waals surface area contributed by atoms with Crippen molar-refractivity contribution in [2.75, 3.05) is 0 Å². The van der Waals surface area contributed by atoms with Crippen molar-refractivity contribution in [1.29, 1.82) is 0 Å². The van der Waals surface area contributed by atoms with E-state index in [9.17, 15) is 4.79 Å². The van der Waals surface area contributed by atoms with Gasteiger partial charge in [0.15, 0.2) is 0 Å². The van der Waals surface area contributed by atoms with Crippen LogP contribution in [0, 0.1) is 0 Å². The third kappa shape index (κ3) is 1.59. The Kier molecular flexibility index (Phi) is 1.79. The Labute approximate surface area is 78.4 Å². The van der Waals surface area contributed by atoms with Crippen molar-refractivity contribution >= 4 is 17.1 Å². The van der Waals surface area contributed by atoms with E-state index in [2.05, 4.69) is 0 Å². The zero-order valence-corrected chi connectivity index (χ0v) is 7.16. The molecule has 1 nitrogen and oxygen atoms in total. The van der Waals surface area contributed by atoms with E-state index in [1.165, 1.54) is 0 Å². The van der Waals surface area contributed by atoms with E-state index in [0.29, 0.717) is 12.5 Å². The first kappa shape index (κ1) is 6.84. The first-order valence-corrected chi connectivity index (χ1v) is 4.24. The Bertz CT molecular complexity index is 477. The van der Waals surface area contributed by atoms with Crippen molar-refractivity contribution in [3.8, 4) is 0 Å². The van der Waals surface area contributed by atoms with E-state index in [-0.39, 0.29) is 0 Å². The Morgan fingerprint density at radius 2 is 1.92 bits per heavy atom. The van der Waals surface area contributed by atoms with Crippen LogP contribution in [0.25, 0.3) is 10.8 Å². The normalized spacial score (nSPS) is 11.2. The first-order chi connectivity index (χ1) is 6.83. The second-order valence-electron chi connectivity index (χ2n) is 2.94. The molecule has 0 atom stereocenters. The van der Waals surface area contributed by atoms with Crippen LogP contribution in [0.15, 0.2) is 42.4 Å². The van der Waals surface area contributed by atoms with Crippen LogP contribution < -0.4 is 0 Å². The van der Waals surface area contributed by atoms with Gasteiger partial charge in [0.1, 0.15) is 6.29 Å². The maximum absolute atomic E-state index is 10.4. The van der Waals surface area contributed by atoms with Crippen molar-refractivity contribution < 1.29 is 6.17 Å². The van der Waals surface area contributed by atoms with Crippen LogP contribution in [0.1, 0.15) is 6.93 Å². The molecule has 0 aliphatic heterocycles. The highest BCUT2D eigenvalue weighted by Crippen LogP contribution is 2.15. The SMILES string of the molecule is [2H]c1c(CC=O)ccc2ccccc12. The molecule has 0 spiro atoms. The number of carbonyl (C=O) groups excluding carboxylic acids is 1. The van der Waals surface area contributed by atoms with Crippen molar-refractivity contribution in [3.05, 3.63) is 48.0 Å². The zero-order valence-electron chi connectivity index (χ0n) is 8.16. The number of aldehydes is 1. The van der Waals surface area contributed by atoms with Crippen molar-refractivity contribution in [2.24, 2.45) is 0 Å². The topological polar surface area (TPSA) is 17.1 Å². The number of benzene rings is 2. The fourth-order valence-corrected chi connectivity index (χ4v) is 1.37. The molecular formula is C12H10O. The number of rotatable bonds is 2. The number of hydrogen-bond donors (Lipinski definition) is 0. The summed E-state index contributed by atoms with van der Waals surface area (Å²) < 4.78 is 7.88. The molecule has 0 saturated carbocycles. The van der Waals surface area contributed by atoms with Crippen molar-refractivity contribution in [1.82, 2.24) is 0 Å². The molecule has 64 valence electrons. The molecule has 0 aliphatic rings. The highest BCUT2D eigenvalue weighted by atomic mass is 16.1. The summed E-state index contributed by atoms with van der Waals surface area (Å²) in [6, 6.07) is 12.0. The average molecular weight is 171 g/mol. The van der Waals surface area contributed by atoms with Gasteiger partial charge in [0.25, 0.3) is 0 Å². The van der Waals surface area contributed by atoms with Gasteiger partial charge in [-0.2, -0.15) is 0 Å². The lowest BCUT2D eigenvalue weighted by Gasteiger charge is -1.99. The molecule has 0 aromatic heterocycles. The summed E-state index contributed by atoms with van der Waals surface area (Å²) in [6.07, 6.45) is 1.16. The summed E-state index contributed by atoms with van der Waals surface area (Å²) in [5, 5.41) is 1.96. The summed E-state index contributed by atoms with van der Waals surface area (Å²) in [5.74, 6) is 0. The molecule has 0 amide bonds. The number of fused-ring (bicyclic) bond motifs is 1. The Hall–Kier alpha value is -1.63. The van der Waals surface area contributed by atoms with E-state index < -0.39 is 0 Å². The highest BCUT2D eigenvalue weighted by Gasteiger charge is 1.94. The predicted octanol–water partition coefficient (Wildman–Crippen LogP) is 2.58. The standard InChI is InChI=1S/C12H10O/c13-8-7-10-5-6-11-3-1-2-4-12(11)9-10/h1-6,8-9H,7H2/i9D. The third-order valence-corrected chi connectivity index (χ3v) is 2.02. The zero-order chi connectivity index (χ0) is 9.97. The minimum atomic E-state index is 0.323. The second-order valence-corrected chi connectivity index (χ2v) is 2.94. The Morgan fingerprint density at radius 1 is 1.15 bits per heavy atom. The van der Waals surface area contributed by atoms with Crippen LogP contribution in [0.3, 0.4) is 0 Å². The van der Waals surface area contributed by atoms with E-state index in [4.69, 9.17) is 1.37 Å². The van der Waals surface area contributed by atoms with Crippen LogP contribution in [0.5, 0.6) is 0 Å². The second kappa shape index (κ2) is 3.40. The van der Waals surface area contributed by atoms with Gasteiger partial charge in [0, 0.05) is 6.42 Å². The minimum absolute atomic E-state index is 0.323. The number of carbonyl (C=O) groups is 1. The maximum atomic E-state index is 10.4. The van der Waals surface area contributed by atoms with Gasteiger partial charge in [-0.1, -0.05) is 42.4 Å². The van der Waals surface area contributed by atoms with E-state index in [0.717, 1.165) is 22.6 Å². The fraction of sp³-hybridized carbons (Fsp3) is 0.0833. The van der Waals surface area contributed by atoms with E-state index >= 15 is 0 Å².